The van der Waals surface area contributed by atoms with Crippen molar-refractivity contribution in [3.63, 3.8) is 0 Å². The molecule has 1 aliphatic heterocycles. The van der Waals surface area contributed by atoms with Gasteiger partial charge in [0.2, 0.25) is 11.6 Å². The van der Waals surface area contributed by atoms with E-state index in [0.717, 1.165) is 12.8 Å². The van der Waals surface area contributed by atoms with Crippen molar-refractivity contribution in [3.05, 3.63) is 65.2 Å². The number of piperidine rings is 1. The molecule has 10 heteroatoms. The number of hydrogen-bond acceptors (Lipinski definition) is 6. The zero-order valence-electron chi connectivity index (χ0n) is 16.6. The molecular weight excluding hydrogens is 423 g/mol. The van der Waals surface area contributed by atoms with Crippen LogP contribution in [0.1, 0.15) is 41.9 Å². The van der Waals surface area contributed by atoms with E-state index in [-0.39, 0.29) is 17.9 Å². The summed E-state index contributed by atoms with van der Waals surface area (Å²) in [5, 5.41) is 8.59. The third kappa shape index (κ3) is 3.65. The van der Waals surface area contributed by atoms with Gasteiger partial charge in [-0.1, -0.05) is 11.6 Å². The van der Waals surface area contributed by atoms with E-state index in [1.807, 2.05) is 6.92 Å². The summed E-state index contributed by atoms with van der Waals surface area (Å²) >= 11 is 6.00. The van der Waals surface area contributed by atoms with Gasteiger partial charge in [0.25, 0.3) is 5.91 Å². The van der Waals surface area contributed by atoms with Crippen molar-refractivity contribution in [1.29, 1.82) is 0 Å². The van der Waals surface area contributed by atoms with Gasteiger partial charge in [-0.25, -0.2) is 14.4 Å². The molecule has 31 heavy (non-hydrogen) atoms. The van der Waals surface area contributed by atoms with E-state index in [2.05, 4.69) is 20.2 Å². The second-order valence-corrected chi connectivity index (χ2v) is 8.03. The molecule has 0 N–H and O–H groups in total. The van der Waals surface area contributed by atoms with E-state index in [4.69, 9.17) is 16.0 Å². The molecule has 0 bridgehead atoms. The van der Waals surface area contributed by atoms with Gasteiger partial charge in [-0.15, -0.1) is 0 Å². The minimum Gasteiger partial charge on any atom is -0.422 e. The maximum Gasteiger partial charge on any atom is 0.256 e. The second kappa shape index (κ2) is 7.73. The number of nitrogens with zero attached hydrogens (tertiary/aromatic N) is 6. The van der Waals surface area contributed by atoms with Gasteiger partial charge in [0.05, 0.1) is 28.9 Å². The number of likely N-dealkylation sites (tertiary alicyclic amines) is 1. The van der Waals surface area contributed by atoms with Gasteiger partial charge in [-0.3, -0.25) is 4.79 Å². The van der Waals surface area contributed by atoms with Crippen LogP contribution in [0.4, 0.5) is 4.39 Å². The molecule has 1 saturated heterocycles. The highest BCUT2D eigenvalue weighted by molar-refractivity contribution is 6.30. The molecule has 0 saturated carbocycles. The van der Waals surface area contributed by atoms with Crippen molar-refractivity contribution in [1.82, 2.24) is 29.9 Å². The Morgan fingerprint density at radius 3 is 2.84 bits per heavy atom. The zero-order chi connectivity index (χ0) is 21.5. The number of fused-ring (bicyclic) bond motifs is 1. The fourth-order valence-corrected chi connectivity index (χ4v) is 4.08. The smallest absolute Gasteiger partial charge is 0.256 e. The molecule has 1 aliphatic rings. The standard InChI is InChI=1S/C21H18ClFN6O2/c1-12-2-3-13(19-27-17-8-14(22)10-24-20(17)31-19)11-28(12)21(30)16-5-4-15(23)9-18(16)29-25-6-7-26-29/h4-10,12-13H,2-3,11H2,1H3/t12-,13-/m1/s1. The molecule has 5 rings (SSSR count). The predicted molar refractivity (Wildman–Crippen MR) is 111 cm³/mol. The van der Waals surface area contributed by atoms with E-state index in [1.165, 1.54) is 41.6 Å². The number of benzene rings is 1. The highest BCUT2D eigenvalue weighted by atomic mass is 35.5. The maximum absolute atomic E-state index is 13.9. The highest BCUT2D eigenvalue weighted by Crippen LogP contribution is 2.33. The van der Waals surface area contributed by atoms with Gasteiger partial charge >= 0.3 is 0 Å². The lowest BCUT2D eigenvalue weighted by molar-refractivity contribution is 0.0597. The van der Waals surface area contributed by atoms with Crippen molar-refractivity contribution in [2.75, 3.05) is 6.54 Å². The molecule has 2 atom stereocenters. The molecular formula is C21H18ClFN6O2. The Kier molecular flexibility index (Phi) is 4.90. The molecule has 4 heterocycles. The van der Waals surface area contributed by atoms with E-state index < -0.39 is 5.82 Å². The van der Waals surface area contributed by atoms with Gasteiger partial charge in [0.1, 0.15) is 17.0 Å². The molecule has 4 aromatic rings. The Bertz CT molecular complexity index is 1260. The van der Waals surface area contributed by atoms with Crippen molar-refractivity contribution in [3.8, 4) is 5.69 Å². The quantitative estimate of drug-likeness (QED) is 0.478. The van der Waals surface area contributed by atoms with Crippen LogP contribution in [-0.2, 0) is 0 Å². The summed E-state index contributed by atoms with van der Waals surface area (Å²) in [4.78, 5) is 25.2. The first-order valence-electron chi connectivity index (χ1n) is 9.89. The van der Waals surface area contributed by atoms with Crippen molar-refractivity contribution in [2.45, 2.75) is 31.7 Å². The van der Waals surface area contributed by atoms with Crippen molar-refractivity contribution >= 4 is 28.7 Å². The number of oxazole rings is 1. The summed E-state index contributed by atoms with van der Waals surface area (Å²) in [5.74, 6) is -0.241. The number of halogens is 2. The van der Waals surface area contributed by atoms with Crippen LogP contribution in [0, 0.1) is 5.82 Å². The van der Waals surface area contributed by atoms with Crippen LogP contribution in [0.5, 0.6) is 0 Å². The van der Waals surface area contributed by atoms with Gasteiger partial charge < -0.3 is 9.32 Å². The highest BCUT2D eigenvalue weighted by Gasteiger charge is 2.34. The number of rotatable bonds is 3. The van der Waals surface area contributed by atoms with Crippen LogP contribution in [0.2, 0.25) is 5.02 Å². The van der Waals surface area contributed by atoms with E-state index >= 15 is 0 Å². The topological polar surface area (TPSA) is 89.9 Å². The summed E-state index contributed by atoms with van der Waals surface area (Å²) in [5.41, 5.74) is 1.63. The monoisotopic (exact) mass is 440 g/mol. The minimum absolute atomic E-state index is 0.00387. The second-order valence-electron chi connectivity index (χ2n) is 7.59. The summed E-state index contributed by atoms with van der Waals surface area (Å²) < 4.78 is 19.7. The molecule has 158 valence electrons. The SMILES string of the molecule is C[C@@H]1CC[C@@H](c2nc3cc(Cl)cnc3o2)CN1C(=O)c1ccc(F)cc1-n1nccn1. The molecule has 0 unspecified atom stereocenters. The largest absolute Gasteiger partial charge is 0.422 e. The van der Waals surface area contributed by atoms with Crippen LogP contribution in [0.25, 0.3) is 16.9 Å². The van der Waals surface area contributed by atoms with Gasteiger partial charge in [-0.2, -0.15) is 15.0 Å². The Morgan fingerprint density at radius 2 is 2.03 bits per heavy atom. The molecule has 0 aliphatic carbocycles. The molecule has 1 fully saturated rings. The predicted octanol–water partition coefficient (Wildman–Crippen LogP) is 4.00. The number of hydrogen-bond donors (Lipinski definition) is 0. The fourth-order valence-electron chi connectivity index (χ4n) is 3.93. The summed E-state index contributed by atoms with van der Waals surface area (Å²) in [7, 11) is 0. The van der Waals surface area contributed by atoms with Gasteiger partial charge in [0.15, 0.2) is 0 Å². The molecule has 0 radical (unpaired) electrons. The Balaban J connectivity index is 1.46. The number of carbonyl (C=O) groups excluding carboxylic acids is 1. The molecule has 3 aromatic heterocycles. The zero-order valence-corrected chi connectivity index (χ0v) is 17.3. The molecule has 8 nitrogen and oxygen atoms in total. The lowest BCUT2D eigenvalue weighted by Crippen LogP contribution is -2.45. The van der Waals surface area contributed by atoms with Crippen molar-refractivity contribution < 1.29 is 13.6 Å². The normalized spacial score (nSPS) is 19.1. The van der Waals surface area contributed by atoms with Crippen LogP contribution < -0.4 is 0 Å². The van der Waals surface area contributed by atoms with Crippen LogP contribution >= 0.6 is 11.6 Å². The third-order valence-electron chi connectivity index (χ3n) is 5.55. The average Bonchev–Trinajstić information content (AvgIpc) is 3.43. The number of amides is 1. The Labute approximate surface area is 181 Å². The molecule has 1 aromatic carbocycles. The Hall–Kier alpha value is -3.33. The van der Waals surface area contributed by atoms with Gasteiger partial charge in [0, 0.05) is 24.8 Å². The Morgan fingerprint density at radius 1 is 1.23 bits per heavy atom. The lowest BCUT2D eigenvalue weighted by atomic mass is 9.92. The number of aromatic nitrogens is 5. The molecule has 0 spiro atoms. The fraction of sp³-hybridized carbons (Fsp3) is 0.286. The third-order valence-corrected chi connectivity index (χ3v) is 5.75. The van der Waals surface area contributed by atoms with Crippen molar-refractivity contribution in [2.24, 2.45) is 0 Å². The van der Waals surface area contributed by atoms with E-state index in [0.29, 0.717) is 39.9 Å². The van der Waals surface area contributed by atoms with Crippen LogP contribution in [-0.4, -0.2) is 48.4 Å². The van der Waals surface area contributed by atoms with E-state index in [1.54, 1.807) is 11.0 Å². The van der Waals surface area contributed by atoms with E-state index in [9.17, 15) is 9.18 Å². The number of pyridine rings is 1. The summed E-state index contributed by atoms with van der Waals surface area (Å²) in [6.07, 6.45) is 6.07. The maximum atomic E-state index is 13.9. The average molecular weight is 441 g/mol. The molecule has 1 amide bonds. The van der Waals surface area contributed by atoms with Crippen LogP contribution in [0.15, 0.2) is 47.3 Å². The lowest BCUT2D eigenvalue weighted by Gasteiger charge is -2.37. The minimum atomic E-state index is -0.467. The first-order valence-corrected chi connectivity index (χ1v) is 10.3. The summed E-state index contributed by atoms with van der Waals surface area (Å²) in [6, 6.07) is 5.70. The van der Waals surface area contributed by atoms with Gasteiger partial charge in [-0.05, 0) is 38.0 Å². The number of carbonyl (C=O) groups is 1. The summed E-state index contributed by atoms with van der Waals surface area (Å²) in [6.45, 7) is 2.42. The first-order chi connectivity index (χ1) is 15.0. The first kappa shape index (κ1) is 19.6. The van der Waals surface area contributed by atoms with Crippen LogP contribution in [0.3, 0.4) is 0 Å².